The van der Waals surface area contributed by atoms with Gasteiger partial charge in [-0.25, -0.2) is 8.42 Å². The molecule has 0 spiro atoms. The van der Waals surface area contributed by atoms with Crippen LogP contribution >= 0.6 is 0 Å². The summed E-state index contributed by atoms with van der Waals surface area (Å²) in [5.74, 6) is 1.47. The lowest BCUT2D eigenvalue weighted by molar-refractivity contribution is 0.362. The van der Waals surface area contributed by atoms with Gasteiger partial charge in [-0.3, -0.25) is 0 Å². The maximum absolute atomic E-state index is 12.0. The summed E-state index contributed by atoms with van der Waals surface area (Å²) in [5.41, 5.74) is 0.935. The second kappa shape index (κ2) is 5.63. The van der Waals surface area contributed by atoms with Gasteiger partial charge in [-0.2, -0.15) is 0 Å². The smallest absolute Gasteiger partial charge is 0.178 e. The predicted molar refractivity (Wildman–Crippen MR) is 77.9 cm³/mol. The lowest BCUT2D eigenvalue weighted by Gasteiger charge is -2.28. The third-order valence-electron chi connectivity index (χ3n) is 4.13. The molecule has 0 radical (unpaired) electrons. The van der Waals surface area contributed by atoms with E-state index in [1.807, 2.05) is 12.1 Å². The fraction of sp³-hybridized carbons (Fsp3) is 0.600. The topological polar surface area (TPSA) is 46.2 Å². The summed E-state index contributed by atoms with van der Waals surface area (Å²) in [6.45, 7) is 7.58. The van der Waals surface area contributed by atoms with Crippen molar-refractivity contribution in [1.82, 2.24) is 5.32 Å². The largest absolute Gasteiger partial charge is 0.310 e. The van der Waals surface area contributed by atoms with Gasteiger partial charge in [-0.1, -0.05) is 39.0 Å². The second-order valence-electron chi connectivity index (χ2n) is 5.83. The number of nitrogens with one attached hydrogen (secondary N) is 1. The van der Waals surface area contributed by atoms with Gasteiger partial charge >= 0.3 is 0 Å². The van der Waals surface area contributed by atoms with Gasteiger partial charge in [-0.05, 0) is 36.4 Å². The third-order valence-corrected chi connectivity index (χ3v) is 5.94. The summed E-state index contributed by atoms with van der Waals surface area (Å²) >= 11 is 0. The Morgan fingerprint density at radius 1 is 1.26 bits per heavy atom. The molecule has 19 heavy (non-hydrogen) atoms. The lowest BCUT2D eigenvalue weighted by Crippen LogP contribution is -2.33. The lowest BCUT2D eigenvalue weighted by atomic mass is 9.96. The molecule has 2 atom stereocenters. The van der Waals surface area contributed by atoms with Crippen LogP contribution in [-0.4, -0.2) is 20.7 Å². The summed E-state index contributed by atoms with van der Waals surface area (Å²) in [7, 11) is -3.07. The fourth-order valence-electron chi connectivity index (χ4n) is 2.37. The van der Waals surface area contributed by atoms with Crippen molar-refractivity contribution >= 4 is 9.84 Å². The van der Waals surface area contributed by atoms with Crippen molar-refractivity contribution in [3.05, 3.63) is 29.8 Å². The standard InChI is InChI=1S/C15H23NO2S/c1-11(2)12(3)10-16-14-8-9-19(17,18)15-7-5-4-6-13(14)15/h4-7,11-12,14,16H,8-10H2,1-3H3. The zero-order valence-corrected chi connectivity index (χ0v) is 12.7. The Morgan fingerprint density at radius 2 is 1.95 bits per heavy atom. The van der Waals surface area contributed by atoms with E-state index in [1.165, 1.54) is 0 Å². The SMILES string of the molecule is CC(C)C(C)CNC1CCS(=O)(=O)c2ccccc21. The van der Waals surface area contributed by atoms with E-state index in [0.717, 1.165) is 12.1 Å². The van der Waals surface area contributed by atoms with Crippen LogP contribution in [0.5, 0.6) is 0 Å². The van der Waals surface area contributed by atoms with E-state index < -0.39 is 9.84 Å². The Balaban J connectivity index is 2.17. The minimum absolute atomic E-state index is 0.168. The molecule has 1 aromatic rings. The van der Waals surface area contributed by atoms with Crippen LogP contribution in [-0.2, 0) is 9.84 Å². The molecule has 0 amide bonds. The first-order valence-electron chi connectivity index (χ1n) is 6.97. The number of rotatable bonds is 4. The van der Waals surface area contributed by atoms with E-state index in [1.54, 1.807) is 12.1 Å². The molecular formula is C15H23NO2S. The minimum atomic E-state index is -3.07. The minimum Gasteiger partial charge on any atom is -0.310 e. The van der Waals surface area contributed by atoms with Crippen LogP contribution in [0.15, 0.2) is 29.2 Å². The maximum atomic E-state index is 12.0. The third kappa shape index (κ3) is 3.18. The summed E-state index contributed by atoms with van der Waals surface area (Å²) in [4.78, 5) is 0.510. The molecule has 2 rings (SSSR count). The van der Waals surface area contributed by atoms with Gasteiger partial charge in [0, 0.05) is 6.04 Å². The van der Waals surface area contributed by atoms with Crippen molar-refractivity contribution in [2.24, 2.45) is 11.8 Å². The van der Waals surface area contributed by atoms with Gasteiger partial charge in [0.1, 0.15) is 0 Å². The van der Waals surface area contributed by atoms with Gasteiger partial charge in [0.05, 0.1) is 10.6 Å². The van der Waals surface area contributed by atoms with Crippen LogP contribution < -0.4 is 5.32 Å². The molecule has 1 aromatic carbocycles. The van der Waals surface area contributed by atoms with Gasteiger partial charge in [-0.15, -0.1) is 0 Å². The molecule has 0 aliphatic carbocycles. The zero-order valence-electron chi connectivity index (χ0n) is 11.9. The second-order valence-corrected chi connectivity index (χ2v) is 7.91. The number of benzene rings is 1. The Kier molecular flexibility index (Phi) is 4.31. The number of sulfone groups is 1. The molecule has 0 aromatic heterocycles. The number of hydrogen-bond donors (Lipinski definition) is 1. The summed E-state index contributed by atoms with van der Waals surface area (Å²) in [5, 5.41) is 3.53. The van der Waals surface area contributed by atoms with Crippen molar-refractivity contribution in [3.63, 3.8) is 0 Å². The molecule has 3 nitrogen and oxygen atoms in total. The van der Waals surface area contributed by atoms with Crippen LogP contribution in [0.25, 0.3) is 0 Å². The molecule has 0 saturated carbocycles. The molecule has 0 fully saturated rings. The summed E-state index contributed by atoms with van der Waals surface area (Å²) in [6.07, 6.45) is 0.671. The first kappa shape index (κ1) is 14.5. The monoisotopic (exact) mass is 281 g/mol. The Hall–Kier alpha value is -0.870. The molecule has 4 heteroatoms. The van der Waals surface area contributed by atoms with E-state index in [-0.39, 0.29) is 11.8 Å². The van der Waals surface area contributed by atoms with Crippen molar-refractivity contribution in [2.45, 2.75) is 38.1 Å². The Labute approximate surface area is 116 Å². The van der Waals surface area contributed by atoms with Crippen molar-refractivity contribution in [1.29, 1.82) is 0 Å². The van der Waals surface area contributed by atoms with Crippen LogP contribution in [0.3, 0.4) is 0 Å². The molecule has 0 saturated heterocycles. The average Bonchev–Trinajstić information content (AvgIpc) is 2.37. The molecular weight excluding hydrogens is 258 g/mol. The van der Waals surface area contributed by atoms with Crippen molar-refractivity contribution in [2.75, 3.05) is 12.3 Å². The molecule has 2 unspecified atom stereocenters. The van der Waals surface area contributed by atoms with E-state index >= 15 is 0 Å². The van der Waals surface area contributed by atoms with Crippen molar-refractivity contribution in [3.8, 4) is 0 Å². The first-order valence-corrected chi connectivity index (χ1v) is 8.62. The van der Waals surface area contributed by atoms with E-state index in [0.29, 0.717) is 23.2 Å². The highest BCUT2D eigenvalue weighted by Crippen LogP contribution is 2.32. The van der Waals surface area contributed by atoms with Gasteiger partial charge in [0.25, 0.3) is 0 Å². The van der Waals surface area contributed by atoms with Crippen LogP contribution in [0.1, 0.15) is 38.8 Å². The molecule has 1 N–H and O–H groups in total. The van der Waals surface area contributed by atoms with E-state index in [4.69, 9.17) is 0 Å². The Bertz CT molecular complexity index is 537. The van der Waals surface area contributed by atoms with Gasteiger partial charge < -0.3 is 5.32 Å². The predicted octanol–water partition coefficient (Wildman–Crippen LogP) is 2.79. The summed E-state index contributed by atoms with van der Waals surface area (Å²) < 4.78 is 24.1. The quantitative estimate of drug-likeness (QED) is 0.923. The van der Waals surface area contributed by atoms with E-state index in [9.17, 15) is 8.42 Å². The highest BCUT2D eigenvalue weighted by molar-refractivity contribution is 7.91. The highest BCUT2D eigenvalue weighted by atomic mass is 32.2. The van der Waals surface area contributed by atoms with Crippen molar-refractivity contribution < 1.29 is 8.42 Å². The fourth-order valence-corrected chi connectivity index (χ4v) is 3.99. The molecule has 0 bridgehead atoms. The zero-order chi connectivity index (χ0) is 14.0. The van der Waals surface area contributed by atoms with E-state index in [2.05, 4.69) is 26.1 Å². The average molecular weight is 281 g/mol. The van der Waals surface area contributed by atoms with Crippen LogP contribution in [0.2, 0.25) is 0 Å². The number of hydrogen-bond acceptors (Lipinski definition) is 3. The molecule has 1 heterocycles. The highest BCUT2D eigenvalue weighted by Gasteiger charge is 2.29. The van der Waals surface area contributed by atoms with Crippen LogP contribution in [0.4, 0.5) is 0 Å². The Morgan fingerprint density at radius 3 is 2.63 bits per heavy atom. The maximum Gasteiger partial charge on any atom is 0.178 e. The first-order chi connectivity index (χ1) is 8.92. The van der Waals surface area contributed by atoms with Gasteiger partial charge in [0.2, 0.25) is 0 Å². The van der Waals surface area contributed by atoms with Gasteiger partial charge in [0.15, 0.2) is 9.84 Å². The summed E-state index contributed by atoms with van der Waals surface area (Å²) in [6, 6.07) is 7.55. The molecule has 106 valence electrons. The molecule has 1 aliphatic rings. The molecule has 1 aliphatic heterocycles. The number of fused-ring (bicyclic) bond motifs is 1. The normalized spacial score (nSPS) is 23.1. The van der Waals surface area contributed by atoms with Crippen LogP contribution in [0, 0.1) is 11.8 Å².